The monoisotopic (exact) mass is 337 g/mol. The summed E-state index contributed by atoms with van der Waals surface area (Å²) in [5.74, 6) is 0.303. The quantitative estimate of drug-likeness (QED) is 0.918. The van der Waals surface area contributed by atoms with Gasteiger partial charge in [0.2, 0.25) is 0 Å². The number of likely N-dealkylation sites (tertiary alicyclic amines) is 1. The average molecular weight is 338 g/mol. The number of hydrogen-bond donors (Lipinski definition) is 1. The van der Waals surface area contributed by atoms with Crippen LogP contribution in [0.2, 0.25) is 0 Å². The van der Waals surface area contributed by atoms with Crippen LogP contribution in [0.15, 0.2) is 22.7 Å². The van der Waals surface area contributed by atoms with E-state index < -0.39 is 5.97 Å². The molecule has 1 aromatic rings. The van der Waals surface area contributed by atoms with Gasteiger partial charge in [-0.15, -0.1) is 0 Å². The van der Waals surface area contributed by atoms with Crippen molar-refractivity contribution in [1.29, 1.82) is 0 Å². The van der Waals surface area contributed by atoms with E-state index >= 15 is 0 Å². The van der Waals surface area contributed by atoms with Crippen LogP contribution in [0.1, 0.15) is 30.4 Å². The highest BCUT2D eigenvalue weighted by molar-refractivity contribution is 9.10. The normalized spacial score (nSPS) is 29.6. The highest BCUT2D eigenvalue weighted by Gasteiger charge is 2.47. The maximum atomic E-state index is 11.6. The van der Waals surface area contributed by atoms with Crippen molar-refractivity contribution >= 4 is 21.9 Å². The molecule has 3 atom stereocenters. The van der Waals surface area contributed by atoms with E-state index in [2.05, 4.69) is 46.0 Å². The molecule has 1 aromatic carbocycles. The topological polar surface area (TPSA) is 40.5 Å². The van der Waals surface area contributed by atoms with E-state index in [-0.39, 0.29) is 6.04 Å². The second-order valence-corrected chi connectivity index (χ2v) is 7.01. The first-order valence-electron chi connectivity index (χ1n) is 7.28. The number of aryl methyl sites for hydroxylation is 1. The van der Waals surface area contributed by atoms with Crippen LogP contribution in [-0.2, 0) is 11.3 Å². The van der Waals surface area contributed by atoms with Crippen molar-refractivity contribution < 1.29 is 9.90 Å². The molecule has 20 heavy (non-hydrogen) atoms. The molecule has 0 aromatic heterocycles. The van der Waals surface area contributed by atoms with E-state index in [0.717, 1.165) is 24.0 Å². The molecule has 1 saturated heterocycles. The molecule has 1 saturated carbocycles. The first-order valence-corrected chi connectivity index (χ1v) is 8.07. The minimum absolute atomic E-state index is 0.289. The predicted molar refractivity (Wildman–Crippen MR) is 81.5 cm³/mol. The van der Waals surface area contributed by atoms with E-state index in [1.807, 2.05) is 0 Å². The van der Waals surface area contributed by atoms with E-state index in [9.17, 15) is 9.90 Å². The van der Waals surface area contributed by atoms with Crippen molar-refractivity contribution in [3.8, 4) is 0 Å². The van der Waals surface area contributed by atoms with Crippen molar-refractivity contribution in [1.82, 2.24) is 4.90 Å². The minimum atomic E-state index is -0.648. The maximum Gasteiger partial charge on any atom is 0.321 e. The van der Waals surface area contributed by atoms with Gasteiger partial charge in [-0.25, -0.2) is 0 Å². The van der Waals surface area contributed by atoms with Crippen LogP contribution in [0.3, 0.4) is 0 Å². The van der Waals surface area contributed by atoms with Crippen molar-refractivity contribution in [3.63, 3.8) is 0 Å². The van der Waals surface area contributed by atoms with Gasteiger partial charge in [-0.3, -0.25) is 9.69 Å². The molecule has 0 bridgehead atoms. The number of carbonyl (C=O) groups is 1. The van der Waals surface area contributed by atoms with Crippen LogP contribution >= 0.6 is 15.9 Å². The van der Waals surface area contributed by atoms with E-state index in [1.54, 1.807) is 0 Å². The Morgan fingerprint density at radius 2 is 2.25 bits per heavy atom. The Bertz CT molecular complexity index is 531. The van der Waals surface area contributed by atoms with E-state index in [1.165, 1.54) is 24.0 Å². The van der Waals surface area contributed by atoms with Crippen LogP contribution < -0.4 is 0 Å². The summed E-state index contributed by atoms with van der Waals surface area (Å²) in [5, 5.41) is 9.56. The van der Waals surface area contributed by atoms with Gasteiger partial charge in [-0.05, 0) is 48.8 Å². The molecule has 3 nitrogen and oxygen atoms in total. The zero-order valence-corrected chi connectivity index (χ0v) is 13.3. The summed E-state index contributed by atoms with van der Waals surface area (Å²) in [4.78, 5) is 13.8. The van der Waals surface area contributed by atoms with E-state index in [4.69, 9.17) is 0 Å². The number of hydrogen-bond acceptors (Lipinski definition) is 2. The SMILES string of the molecule is Cc1ccc(CN2CC3CCCC3C2C(=O)O)cc1Br. The maximum absolute atomic E-state index is 11.6. The number of halogens is 1. The first-order chi connectivity index (χ1) is 9.56. The van der Waals surface area contributed by atoms with Gasteiger partial charge < -0.3 is 5.11 Å². The highest BCUT2D eigenvalue weighted by atomic mass is 79.9. The standard InChI is InChI=1S/C16H20BrNO2/c1-10-5-6-11(7-14(10)17)8-18-9-12-3-2-4-13(12)15(18)16(19)20/h5-7,12-13,15H,2-4,8-9H2,1H3,(H,19,20). The van der Waals surface area contributed by atoms with Gasteiger partial charge in [0.15, 0.2) is 0 Å². The molecule has 0 amide bonds. The number of fused-ring (bicyclic) bond motifs is 1. The zero-order chi connectivity index (χ0) is 14.3. The van der Waals surface area contributed by atoms with Crippen LogP contribution in [0.25, 0.3) is 0 Å². The third-order valence-corrected chi connectivity index (χ3v) is 5.72. The number of rotatable bonds is 3. The number of benzene rings is 1. The Morgan fingerprint density at radius 3 is 2.95 bits per heavy atom. The zero-order valence-electron chi connectivity index (χ0n) is 11.7. The van der Waals surface area contributed by atoms with Gasteiger partial charge >= 0.3 is 5.97 Å². The Labute approximate surface area is 128 Å². The molecule has 1 aliphatic carbocycles. The Morgan fingerprint density at radius 1 is 1.45 bits per heavy atom. The lowest BCUT2D eigenvalue weighted by atomic mass is 9.94. The number of nitrogens with zero attached hydrogens (tertiary/aromatic N) is 1. The summed E-state index contributed by atoms with van der Waals surface area (Å²) in [6.07, 6.45) is 3.47. The largest absolute Gasteiger partial charge is 0.480 e. The summed E-state index contributed by atoms with van der Waals surface area (Å²) in [7, 11) is 0. The predicted octanol–water partition coefficient (Wildman–Crippen LogP) is 3.44. The smallest absolute Gasteiger partial charge is 0.321 e. The molecule has 3 unspecified atom stereocenters. The lowest BCUT2D eigenvalue weighted by molar-refractivity contribution is -0.143. The average Bonchev–Trinajstić information content (AvgIpc) is 2.93. The number of aliphatic carboxylic acids is 1. The van der Waals surface area contributed by atoms with Gasteiger partial charge in [0.25, 0.3) is 0 Å². The third-order valence-electron chi connectivity index (χ3n) is 4.86. The molecule has 4 heteroatoms. The molecule has 0 spiro atoms. The fourth-order valence-corrected chi connectivity index (χ4v) is 4.29. The van der Waals surface area contributed by atoms with Gasteiger partial charge in [0.05, 0.1) is 0 Å². The van der Waals surface area contributed by atoms with Crippen molar-refractivity contribution in [2.45, 2.75) is 38.8 Å². The van der Waals surface area contributed by atoms with Crippen molar-refractivity contribution in [2.75, 3.05) is 6.54 Å². The van der Waals surface area contributed by atoms with Crippen molar-refractivity contribution in [2.24, 2.45) is 11.8 Å². The molecule has 2 aliphatic rings. The van der Waals surface area contributed by atoms with Crippen molar-refractivity contribution in [3.05, 3.63) is 33.8 Å². The first kappa shape index (κ1) is 14.1. The summed E-state index contributed by atoms with van der Waals surface area (Å²) in [6, 6.07) is 6.02. The highest BCUT2D eigenvalue weighted by Crippen LogP contribution is 2.42. The molecular weight excluding hydrogens is 318 g/mol. The summed E-state index contributed by atoms with van der Waals surface area (Å²) in [5.41, 5.74) is 2.40. The summed E-state index contributed by atoms with van der Waals surface area (Å²) in [6.45, 7) is 3.74. The fourth-order valence-electron chi connectivity index (χ4n) is 3.86. The third kappa shape index (κ3) is 2.51. The van der Waals surface area contributed by atoms with E-state index in [0.29, 0.717) is 11.8 Å². The Kier molecular flexibility index (Phi) is 3.87. The van der Waals surface area contributed by atoms with Gasteiger partial charge in [0, 0.05) is 17.6 Å². The minimum Gasteiger partial charge on any atom is -0.480 e. The number of carboxylic acid groups (broad SMARTS) is 1. The molecule has 1 heterocycles. The van der Waals surface area contributed by atoms with Gasteiger partial charge in [-0.2, -0.15) is 0 Å². The Balaban J connectivity index is 1.79. The fraction of sp³-hybridized carbons (Fsp3) is 0.562. The molecule has 2 fully saturated rings. The lowest BCUT2D eigenvalue weighted by Gasteiger charge is -2.24. The van der Waals surface area contributed by atoms with Crippen LogP contribution in [0.5, 0.6) is 0 Å². The molecule has 1 N–H and O–H groups in total. The second kappa shape index (κ2) is 5.49. The lowest BCUT2D eigenvalue weighted by Crippen LogP contribution is -2.39. The van der Waals surface area contributed by atoms with Crippen LogP contribution in [0.4, 0.5) is 0 Å². The molecule has 0 radical (unpaired) electrons. The molecule has 3 rings (SSSR count). The van der Waals surface area contributed by atoms with Crippen LogP contribution in [0, 0.1) is 18.8 Å². The molecule has 1 aliphatic heterocycles. The summed E-state index contributed by atoms with van der Waals surface area (Å²) < 4.78 is 1.10. The molecular formula is C16H20BrNO2. The Hall–Kier alpha value is -0.870. The number of carboxylic acids is 1. The second-order valence-electron chi connectivity index (χ2n) is 6.15. The molecule has 108 valence electrons. The van der Waals surface area contributed by atoms with Gasteiger partial charge in [-0.1, -0.05) is 34.5 Å². The van der Waals surface area contributed by atoms with Gasteiger partial charge in [0.1, 0.15) is 6.04 Å². The van der Waals surface area contributed by atoms with Crippen LogP contribution in [-0.4, -0.2) is 28.6 Å². The summed E-state index contributed by atoms with van der Waals surface area (Å²) >= 11 is 3.55.